The van der Waals surface area contributed by atoms with Gasteiger partial charge in [-0.2, -0.15) is 0 Å². The van der Waals surface area contributed by atoms with Crippen LogP contribution in [0.1, 0.15) is 65.2 Å². The molecule has 2 aliphatic rings. The van der Waals surface area contributed by atoms with Crippen LogP contribution in [0.3, 0.4) is 0 Å². The monoisotopic (exact) mass is 223 g/mol. The molecule has 0 radical (unpaired) electrons. The molecule has 0 spiro atoms. The van der Waals surface area contributed by atoms with Gasteiger partial charge in [0.25, 0.3) is 0 Å². The molecule has 0 amide bonds. The molecule has 4 atom stereocenters. The molecule has 0 aromatic rings. The van der Waals surface area contributed by atoms with Crippen molar-refractivity contribution in [2.45, 2.75) is 71.3 Å². The van der Waals surface area contributed by atoms with Crippen molar-refractivity contribution in [3.63, 3.8) is 0 Å². The van der Waals surface area contributed by atoms with Crippen molar-refractivity contribution in [1.29, 1.82) is 0 Å². The molecule has 0 bridgehead atoms. The molecule has 94 valence electrons. The van der Waals surface area contributed by atoms with Gasteiger partial charge in [0.05, 0.1) is 0 Å². The van der Waals surface area contributed by atoms with Crippen molar-refractivity contribution in [2.75, 3.05) is 6.54 Å². The van der Waals surface area contributed by atoms with E-state index < -0.39 is 0 Å². The lowest BCUT2D eigenvalue weighted by molar-refractivity contribution is 0.135. The Morgan fingerprint density at radius 2 is 1.81 bits per heavy atom. The van der Waals surface area contributed by atoms with Crippen LogP contribution in [0.2, 0.25) is 0 Å². The molecule has 1 saturated heterocycles. The third-order valence-corrected chi connectivity index (χ3v) is 5.13. The largest absolute Gasteiger partial charge is 0.314 e. The average Bonchev–Trinajstić information content (AvgIpc) is 2.38. The number of nitrogens with one attached hydrogen (secondary N) is 1. The molecule has 0 aromatic carbocycles. The van der Waals surface area contributed by atoms with E-state index >= 15 is 0 Å². The van der Waals surface area contributed by atoms with Crippen LogP contribution in [0.15, 0.2) is 0 Å². The average molecular weight is 223 g/mol. The molecule has 1 N–H and O–H groups in total. The Kier molecular flexibility index (Phi) is 4.69. The summed E-state index contributed by atoms with van der Waals surface area (Å²) in [5.41, 5.74) is 0. The van der Waals surface area contributed by atoms with Crippen molar-refractivity contribution in [1.82, 2.24) is 5.32 Å². The van der Waals surface area contributed by atoms with Gasteiger partial charge in [-0.05, 0) is 43.6 Å². The van der Waals surface area contributed by atoms with Gasteiger partial charge < -0.3 is 5.32 Å². The summed E-state index contributed by atoms with van der Waals surface area (Å²) in [6.45, 7) is 6.03. The third kappa shape index (κ3) is 2.80. The van der Waals surface area contributed by atoms with Crippen LogP contribution < -0.4 is 5.32 Å². The highest BCUT2D eigenvalue weighted by Crippen LogP contribution is 2.37. The highest BCUT2D eigenvalue weighted by atomic mass is 14.9. The second kappa shape index (κ2) is 6.05. The third-order valence-electron chi connectivity index (χ3n) is 5.13. The van der Waals surface area contributed by atoms with Crippen LogP contribution in [0, 0.1) is 17.8 Å². The van der Waals surface area contributed by atoms with Crippen LogP contribution in [-0.2, 0) is 0 Å². The number of hydrogen-bond donors (Lipinski definition) is 1. The van der Waals surface area contributed by atoms with Crippen molar-refractivity contribution in [2.24, 2.45) is 17.8 Å². The Balaban J connectivity index is 1.93. The predicted octanol–water partition coefficient (Wildman–Crippen LogP) is 3.98. The number of hydrogen-bond acceptors (Lipinski definition) is 1. The maximum Gasteiger partial charge on any atom is 0.0101 e. The van der Waals surface area contributed by atoms with Crippen LogP contribution in [0.5, 0.6) is 0 Å². The van der Waals surface area contributed by atoms with E-state index in [9.17, 15) is 0 Å². The van der Waals surface area contributed by atoms with Crippen molar-refractivity contribution < 1.29 is 0 Å². The van der Waals surface area contributed by atoms with Gasteiger partial charge >= 0.3 is 0 Å². The normalized spacial score (nSPS) is 40.9. The fourth-order valence-electron chi connectivity index (χ4n) is 4.00. The lowest BCUT2D eigenvalue weighted by Gasteiger charge is -2.41. The van der Waals surface area contributed by atoms with Crippen LogP contribution in [0.25, 0.3) is 0 Å². The highest BCUT2D eigenvalue weighted by Gasteiger charge is 2.33. The molecule has 0 aromatic heterocycles. The standard InChI is InChI=1S/C15H29N/c1-3-12-9-10-16-15(11-12)14-8-6-5-7-13(14)4-2/h12-16H,3-11H2,1-2H3. The first-order valence-electron chi connectivity index (χ1n) is 7.58. The minimum atomic E-state index is 0.851. The van der Waals surface area contributed by atoms with E-state index in [0.29, 0.717) is 0 Å². The van der Waals surface area contributed by atoms with Crippen molar-refractivity contribution in [3.8, 4) is 0 Å². The van der Waals surface area contributed by atoms with Gasteiger partial charge in [-0.25, -0.2) is 0 Å². The Hall–Kier alpha value is -0.0400. The van der Waals surface area contributed by atoms with Gasteiger partial charge in [-0.3, -0.25) is 0 Å². The van der Waals surface area contributed by atoms with Gasteiger partial charge in [0.2, 0.25) is 0 Å². The zero-order valence-corrected chi connectivity index (χ0v) is 11.2. The van der Waals surface area contributed by atoms with Gasteiger partial charge in [-0.15, -0.1) is 0 Å². The van der Waals surface area contributed by atoms with Crippen molar-refractivity contribution >= 4 is 0 Å². The fourth-order valence-corrected chi connectivity index (χ4v) is 4.00. The zero-order valence-electron chi connectivity index (χ0n) is 11.2. The quantitative estimate of drug-likeness (QED) is 0.763. The van der Waals surface area contributed by atoms with Gasteiger partial charge in [0.15, 0.2) is 0 Å². The van der Waals surface area contributed by atoms with Crippen molar-refractivity contribution in [3.05, 3.63) is 0 Å². The number of piperidine rings is 1. The molecule has 1 aliphatic heterocycles. The highest BCUT2D eigenvalue weighted by molar-refractivity contribution is 4.88. The van der Waals surface area contributed by atoms with E-state index in [1.807, 2.05) is 0 Å². The summed E-state index contributed by atoms with van der Waals surface area (Å²) in [6.07, 6.45) is 11.6. The molecule has 1 heterocycles. The lowest BCUT2D eigenvalue weighted by Crippen LogP contribution is -2.46. The summed E-state index contributed by atoms with van der Waals surface area (Å²) in [5, 5.41) is 3.82. The second-order valence-corrected chi connectivity index (χ2v) is 5.98. The maximum absolute atomic E-state index is 3.82. The molecule has 1 heteroatoms. The van der Waals surface area contributed by atoms with Crippen LogP contribution in [0.4, 0.5) is 0 Å². The smallest absolute Gasteiger partial charge is 0.0101 e. The molecule has 4 unspecified atom stereocenters. The lowest BCUT2D eigenvalue weighted by atomic mass is 9.71. The SMILES string of the molecule is CCC1CCNC(C2CCCCC2CC)C1. The summed E-state index contributed by atoms with van der Waals surface area (Å²) >= 11 is 0. The van der Waals surface area contributed by atoms with Gasteiger partial charge in [0, 0.05) is 6.04 Å². The molecule has 2 rings (SSSR count). The first-order chi connectivity index (χ1) is 7.85. The van der Waals surface area contributed by atoms with Crippen LogP contribution in [-0.4, -0.2) is 12.6 Å². The topological polar surface area (TPSA) is 12.0 Å². The Morgan fingerprint density at radius 1 is 1.00 bits per heavy atom. The fraction of sp³-hybridized carbons (Fsp3) is 1.00. The first kappa shape index (κ1) is 12.4. The van der Waals surface area contributed by atoms with Crippen LogP contribution >= 0.6 is 0 Å². The van der Waals surface area contributed by atoms with E-state index in [-0.39, 0.29) is 0 Å². The first-order valence-corrected chi connectivity index (χ1v) is 7.58. The molecule has 1 aliphatic carbocycles. The molecule has 1 saturated carbocycles. The van der Waals surface area contributed by atoms with Gasteiger partial charge in [-0.1, -0.05) is 46.0 Å². The van der Waals surface area contributed by atoms with E-state index in [1.54, 1.807) is 0 Å². The summed E-state index contributed by atoms with van der Waals surface area (Å²) in [5.74, 6) is 3.01. The number of rotatable bonds is 3. The minimum absolute atomic E-state index is 0.851. The van der Waals surface area contributed by atoms with E-state index in [0.717, 1.165) is 23.8 Å². The molecule has 16 heavy (non-hydrogen) atoms. The summed E-state index contributed by atoms with van der Waals surface area (Å²) in [4.78, 5) is 0. The Labute approximate surface area is 101 Å². The summed E-state index contributed by atoms with van der Waals surface area (Å²) in [6, 6.07) is 0.851. The maximum atomic E-state index is 3.82. The summed E-state index contributed by atoms with van der Waals surface area (Å²) < 4.78 is 0. The van der Waals surface area contributed by atoms with E-state index in [2.05, 4.69) is 19.2 Å². The minimum Gasteiger partial charge on any atom is -0.314 e. The molecular weight excluding hydrogens is 194 g/mol. The Morgan fingerprint density at radius 3 is 2.56 bits per heavy atom. The molecule has 1 nitrogen and oxygen atoms in total. The van der Waals surface area contributed by atoms with E-state index in [1.165, 1.54) is 57.9 Å². The molecular formula is C15H29N. The zero-order chi connectivity index (χ0) is 11.4. The van der Waals surface area contributed by atoms with E-state index in [4.69, 9.17) is 0 Å². The Bertz CT molecular complexity index is 202. The molecule has 2 fully saturated rings. The van der Waals surface area contributed by atoms with Gasteiger partial charge in [0.1, 0.15) is 0 Å². The second-order valence-electron chi connectivity index (χ2n) is 5.98. The summed E-state index contributed by atoms with van der Waals surface area (Å²) in [7, 11) is 0. The predicted molar refractivity (Wildman–Crippen MR) is 70.5 cm³/mol.